The average Bonchev–Trinajstić information content (AvgIpc) is 3.26. The molecular formula is C22H25F3N4O3. The summed E-state index contributed by atoms with van der Waals surface area (Å²) in [5.41, 5.74) is 3.60. The summed E-state index contributed by atoms with van der Waals surface area (Å²) < 4.78 is 37.1. The number of rotatable bonds is 5. The fourth-order valence-electron chi connectivity index (χ4n) is 3.63. The molecule has 10 heteroatoms. The Morgan fingerprint density at radius 2 is 1.94 bits per heavy atom. The third kappa shape index (κ3) is 6.13. The number of H-pyrrole nitrogens is 1. The molecule has 0 bridgehead atoms. The first-order valence-corrected chi connectivity index (χ1v) is 10.1. The Hall–Kier alpha value is -3.27. The molecule has 172 valence electrons. The van der Waals surface area contributed by atoms with E-state index in [1.807, 2.05) is 12.3 Å². The molecule has 0 saturated carbocycles. The van der Waals surface area contributed by atoms with Gasteiger partial charge in [0.2, 0.25) is 0 Å². The van der Waals surface area contributed by atoms with E-state index < -0.39 is 12.1 Å². The molecule has 7 nitrogen and oxygen atoms in total. The van der Waals surface area contributed by atoms with Crippen molar-refractivity contribution in [2.75, 3.05) is 25.1 Å². The second-order valence-corrected chi connectivity index (χ2v) is 7.41. The van der Waals surface area contributed by atoms with Gasteiger partial charge in [-0.3, -0.25) is 5.10 Å². The number of aromatic nitrogens is 2. The highest BCUT2D eigenvalue weighted by Crippen LogP contribution is 2.28. The summed E-state index contributed by atoms with van der Waals surface area (Å²) in [6.45, 7) is 3.03. The number of halogens is 3. The highest BCUT2D eigenvalue weighted by atomic mass is 19.4. The van der Waals surface area contributed by atoms with Gasteiger partial charge in [-0.1, -0.05) is 12.1 Å². The molecule has 0 radical (unpaired) electrons. The number of methoxy groups -OCH3 is 1. The maximum Gasteiger partial charge on any atom is 0.490 e. The quantitative estimate of drug-likeness (QED) is 0.545. The Labute approximate surface area is 183 Å². The topological polar surface area (TPSA) is 90.5 Å². The lowest BCUT2D eigenvalue weighted by Crippen LogP contribution is -2.43. The fraction of sp³-hybridized carbons (Fsp3) is 0.364. The Morgan fingerprint density at radius 1 is 1.22 bits per heavy atom. The minimum atomic E-state index is -5.08. The number of nitrogens with zero attached hydrogens (tertiary/aromatic N) is 2. The predicted octanol–water partition coefficient (Wildman–Crippen LogP) is 3.96. The lowest BCUT2D eigenvalue weighted by atomic mass is 10.0. The molecule has 2 aromatic carbocycles. The maximum atomic E-state index is 10.6. The number of aliphatic carboxylic acids is 1. The average molecular weight is 450 g/mol. The first kappa shape index (κ1) is 23.4. The number of ether oxygens (including phenoxy) is 1. The van der Waals surface area contributed by atoms with Gasteiger partial charge in [0.1, 0.15) is 5.75 Å². The lowest BCUT2D eigenvalue weighted by Gasteiger charge is -2.36. The lowest BCUT2D eigenvalue weighted by molar-refractivity contribution is -0.192. The van der Waals surface area contributed by atoms with E-state index in [2.05, 4.69) is 56.8 Å². The minimum Gasteiger partial charge on any atom is -0.497 e. The highest BCUT2D eigenvalue weighted by molar-refractivity contribution is 5.82. The van der Waals surface area contributed by atoms with Crippen LogP contribution in [0.3, 0.4) is 0 Å². The smallest absolute Gasteiger partial charge is 0.490 e. The largest absolute Gasteiger partial charge is 0.497 e. The summed E-state index contributed by atoms with van der Waals surface area (Å²) in [5.74, 6) is -1.85. The van der Waals surface area contributed by atoms with Crippen LogP contribution in [0, 0.1) is 0 Å². The van der Waals surface area contributed by atoms with Crippen LogP contribution < -0.4 is 15.0 Å². The maximum absolute atomic E-state index is 10.6. The van der Waals surface area contributed by atoms with Crippen LogP contribution in [-0.4, -0.2) is 53.7 Å². The molecule has 1 aromatic heterocycles. The zero-order valence-electron chi connectivity index (χ0n) is 17.5. The third-order valence-corrected chi connectivity index (χ3v) is 5.23. The third-order valence-electron chi connectivity index (χ3n) is 5.23. The number of hydrogen-bond donors (Lipinski definition) is 3. The Kier molecular flexibility index (Phi) is 7.57. The van der Waals surface area contributed by atoms with Crippen LogP contribution in [0.2, 0.25) is 0 Å². The van der Waals surface area contributed by atoms with Gasteiger partial charge in [-0.15, -0.1) is 0 Å². The molecule has 0 atom stereocenters. The second-order valence-electron chi connectivity index (χ2n) is 7.41. The molecule has 3 N–H and O–H groups in total. The van der Waals surface area contributed by atoms with Crippen molar-refractivity contribution in [3.63, 3.8) is 0 Å². The molecule has 0 unspecified atom stereocenters. The van der Waals surface area contributed by atoms with Gasteiger partial charge in [-0.25, -0.2) is 4.79 Å². The number of alkyl halides is 3. The van der Waals surface area contributed by atoms with E-state index in [4.69, 9.17) is 14.6 Å². The first-order valence-electron chi connectivity index (χ1n) is 10.1. The minimum absolute atomic E-state index is 0.539. The van der Waals surface area contributed by atoms with Crippen molar-refractivity contribution in [2.24, 2.45) is 0 Å². The van der Waals surface area contributed by atoms with Gasteiger partial charge in [-0.2, -0.15) is 18.3 Å². The molecule has 0 amide bonds. The molecule has 1 aliphatic rings. The molecule has 0 spiro atoms. The van der Waals surface area contributed by atoms with Crippen molar-refractivity contribution in [1.29, 1.82) is 0 Å². The van der Waals surface area contributed by atoms with Crippen LogP contribution in [0.25, 0.3) is 10.9 Å². The summed E-state index contributed by atoms with van der Waals surface area (Å²) in [6, 6.07) is 15.5. The molecule has 0 aliphatic carbocycles. The summed E-state index contributed by atoms with van der Waals surface area (Å²) in [6.07, 6.45) is -0.869. The van der Waals surface area contributed by atoms with Crippen LogP contribution in [0.1, 0.15) is 18.4 Å². The number of carboxylic acid groups (broad SMARTS) is 1. The number of nitrogens with one attached hydrogen (secondary N) is 2. The van der Waals surface area contributed by atoms with Crippen LogP contribution in [0.15, 0.2) is 48.7 Å². The van der Waals surface area contributed by atoms with Gasteiger partial charge in [0.05, 0.1) is 18.8 Å². The zero-order chi connectivity index (χ0) is 23.1. The monoisotopic (exact) mass is 450 g/mol. The number of piperidine rings is 1. The first-order chi connectivity index (χ1) is 15.3. The van der Waals surface area contributed by atoms with Crippen molar-refractivity contribution >= 4 is 22.6 Å². The number of anilines is 1. The second kappa shape index (κ2) is 10.4. The molecule has 32 heavy (non-hydrogen) atoms. The van der Waals surface area contributed by atoms with Crippen molar-refractivity contribution in [1.82, 2.24) is 15.5 Å². The van der Waals surface area contributed by atoms with E-state index >= 15 is 0 Å². The normalized spacial score (nSPS) is 14.5. The van der Waals surface area contributed by atoms with E-state index in [1.165, 1.54) is 11.3 Å². The molecule has 1 saturated heterocycles. The van der Waals surface area contributed by atoms with Crippen molar-refractivity contribution in [3.8, 4) is 5.75 Å². The SMILES string of the molecule is COc1cccc(CN(c2ccc3[nH]ncc3c2)C2CCNCC2)c1.O=C(O)C(F)(F)F. The van der Waals surface area contributed by atoms with Crippen LogP contribution >= 0.6 is 0 Å². The van der Waals surface area contributed by atoms with E-state index in [1.54, 1.807) is 7.11 Å². The summed E-state index contributed by atoms with van der Waals surface area (Å²) in [5, 5.41) is 18.9. The number of carbonyl (C=O) groups is 1. The van der Waals surface area contributed by atoms with E-state index in [-0.39, 0.29) is 0 Å². The summed E-state index contributed by atoms with van der Waals surface area (Å²) >= 11 is 0. The molecule has 3 aromatic rings. The van der Waals surface area contributed by atoms with Crippen molar-refractivity contribution in [2.45, 2.75) is 31.6 Å². The van der Waals surface area contributed by atoms with Crippen LogP contribution in [0.5, 0.6) is 5.75 Å². The molecule has 2 heterocycles. The number of benzene rings is 2. The highest BCUT2D eigenvalue weighted by Gasteiger charge is 2.38. The van der Waals surface area contributed by atoms with E-state index in [9.17, 15) is 13.2 Å². The predicted molar refractivity (Wildman–Crippen MR) is 115 cm³/mol. The van der Waals surface area contributed by atoms with Crippen LogP contribution in [0.4, 0.5) is 18.9 Å². The van der Waals surface area contributed by atoms with Gasteiger partial charge in [0.25, 0.3) is 0 Å². The van der Waals surface area contributed by atoms with Gasteiger partial charge < -0.3 is 20.1 Å². The molecule has 4 rings (SSSR count). The standard InChI is InChI=1S/C20H24N4O.C2HF3O2/c1-25-19-4-2-3-15(11-19)14-24(17-7-9-21-10-8-17)18-5-6-20-16(12-18)13-22-23-20;3-2(4,5)1(6)7/h2-6,11-13,17,21H,7-10,14H2,1H3,(H,22,23);(H,6,7). The van der Waals surface area contributed by atoms with Crippen molar-refractivity contribution < 1.29 is 27.8 Å². The fourth-order valence-corrected chi connectivity index (χ4v) is 3.63. The Balaban J connectivity index is 0.000000360. The Morgan fingerprint density at radius 3 is 2.59 bits per heavy atom. The van der Waals surface area contributed by atoms with Gasteiger partial charge in [0.15, 0.2) is 0 Å². The summed E-state index contributed by atoms with van der Waals surface area (Å²) in [4.78, 5) is 11.4. The number of fused-ring (bicyclic) bond motifs is 1. The molecule has 1 aliphatic heterocycles. The zero-order valence-corrected chi connectivity index (χ0v) is 17.5. The number of carboxylic acids is 1. The molecule has 1 fully saturated rings. The van der Waals surface area contributed by atoms with Gasteiger partial charge >= 0.3 is 12.1 Å². The number of hydrogen-bond acceptors (Lipinski definition) is 5. The van der Waals surface area contributed by atoms with E-state index in [0.29, 0.717) is 6.04 Å². The van der Waals surface area contributed by atoms with Crippen LogP contribution in [-0.2, 0) is 11.3 Å². The molecular weight excluding hydrogens is 425 g/mol. The van der Waals surface area contributed by atoms with Crippen molar-refractivity contribution in [3.05, 3.63) is 54.2 Å². The summed E-state index contributed by atoms with van der Waals surface area (Å²) in [7, 11) is 1.72. The van der Waals surface area contributed by atoms with Gasteiger partial charge in [0, 0.05) is 23.7 Å². The number of aromatic amines is 1. The Bertz CT molecular complexity index is 1030. The van der Waals surface area contributed by atoms with E-state index in [0.717, 1.165) is 49.1 Å². The van der Waals surface area contributed by atoms with Gasteiger partial charge in [-0.05, 0) is 61.8 Å².